The van der Waals surface area contributed by atoms with Crippen LogP contribution in [0.1, 0.15) is 53.7 Å². The third-order valence-corrected chi connectivity index (χ3v) is 5.85. The molecule has 0 spiro atoms. The molecule has 1 aliphatic carbocycles. The molecule has 3 atom stereocenters. The normalized spacial score (nSPS) is 25.4. The van der Waals surface area contributed by atoms with Crippen LogP contribution in [0.4, 0.5) is 4.39 Å². The van der Waals surface area contributed by atoms with Crippen molar-refractivity contribution in [2.75, 3.05) is 6.54 Å². The van der Waals surface area contributed by atoms with Crippen molar-refractivity contribution in [3.63, 3.8) is 0 Å². The number of aromatic nitrogens is 2. The summed E-state index contributed by atoms with van der Waals surface area (Å²) in [4.78, 5) is 15.1. The van der Waals surface area contributed by atoms with Gasteiger partial charge in [0, 0.05) is 30.8 Å². The molecule has 1 amide bonds. The number of amides is 1. The van der Waals surface area contributed by atoms with Crippen LogP contribution in [0.3, 0.4) is 0 Å². The maximum absolute atomic E-state index is 14.0. The molecule has 1 aromatic carbocycles. The van der Waals surface area contributed by atoms with E-state index in [0.717, 1.165) is 37.2 Å². The van der Waals surface area contributed by atoms with Crippen LogP contribution >= 0.6 is 0 Å². The number of carbonyl (C=O) groups is 1. The summed E-state index contributed by atoms with van der Waals surface area (Å²) in [5, 5.41) is 4.51. The summed E-state index contributed by atoms with van der Waals surface area (Å²) < 4.78 is 15.9. The first-order valence-corrected chi connectivity index (χ1v) is 9.04. The Morgan fingerprint density at radius 2 is 2.04 bits per heavy atom. The van der Waals surface area contributed by atoms with Crippen LogP contribution in [0.5, 0.6) is 0 Å². The average Bonchev–Trinajstić information content (AvgIpc) is 3.16. The fourth-order valence-electron chi connectivity index (χ4n) is 4.40. The predicted octanol–water partition coefficient (Wildman–Crippen LogP) is 3.64. The molecule has 1 saturated carbocycles. The lowest BCUT2D eigenvalue weighted by atomic mass is 10.0. The molecular weight excluding hydrogens is 317 g/mol. The number of rotatable bonds is 3. The second-order valence-electron chi connectivity index (χ2n) is 7.37. The summed E-state index contributed by atoms with van der Waals surface area (Å²) >= 11 is 0. The van der Waals surface area contributed by atoms with Crippen LogP contribution in [0.25, 0.3) is 0 Å². The second-order valence-corrected chi connectivity index (χ2v) is 7.37. The molecular formula is C20H24FN3O. The van der Waals surface area contributed by atoms with Gasteiger partial charge in [-0.1, -0.05) is 18.2 Å². The number of aryl methyl sites for hydroxylation is 2. The molecule has 2 heterocycles. The highest BCUT2D eigenvalue weighted by molar-refractivity contribution is 5.83. The van der Waals surface area contributed by atoms with Gasteiger partial charge in [0.1, 0.15) is 5.82 Å². The zero-order valence-electron chi connectivity index (χ0n) is 15.0. The molecule has 0 unspecified atom stereocenters. The van der Waals surface area contributed by atoms with Gasteiger partial charge in [0.05, 0.1) is 11.7 Å². The minimum Gasteiger partial charge on any atom is -0.335 e. The van der Waals surface area contributed by atoms with Gasteiger partial charge in [0.25, 0.3) is 0 Å². The Balaban J connectivity index is 1.56. The first-order chi connectivity index (χ1) is 12.0. The monoisotopic (exact) mass is 341 g/mol. The molecule has 4 rings (SSSR count). The zero-order chi connectivity index (χ0) is 17.7. The van der Waals surface area contributed by atoms with E-state index in [4.69, 9.17) is 0 Å². The van der Waals surface area contributed by atoms with E-state index in [-0.39, 0.29) is 29.6 Å². The van der Waals surface area contributed by atoms with Crippen molar-refractivity contribution in [3.8, 4) is 0 Å². The molecule has 1 aliphatic heterocycles. The van der Waals surface area contributed by atoms with E-state index in [1.165, 1.54) is 11.6 Å². The fraction of sp³-hybridized carbons (Fsp3) is 0.500. The lowest BCUT2D eigenvalue weighted by molar-refractivity contribution is -0.133. The van der Waals surface area contributed by atoms with E-state index < -0.39 is 0 Å². The van der Waals surface area contributed by atoms with Crippen molar-refractivity contribution in [1.82, 2.24) is 14.7 Å². The van der Waals surface area contributed by atoms with Crippen LogP contribution in [0.15, 0.2) is 24.3 Å². The summed E-state index contributed by atoms with van der Waals surface area (Å²) in [6.07, 6.45) is 2.76. The van der Waals surface area contributed by atoms with Crippen LogP contribution in [0, 0.1) is 25.6 Å². The van der Waals surface area contributed by atoms with E-state index in [2.05, 4.69) is 12.0 Å². The lowest BCUT2D eigenvalue weighted by Crippen LogP contribution is -2.32. The summed E-state index contributed by atoms with van der Waals surface area (Å²) in [6, 6.07) is 6.95. The van der Waals surface area contributed by atoms with Crippen molar-refractivity contribution in [1.29, 1.82) is 0 Å². The van der Waals surface area contributed by atoms with Crippen LogP contribution in [-0.4, -0.2) is 27.1 Å². The summed E-state index contributed by atoms with van der Waals surface area (Å²) in [7, 11) is 1.95. The number of hydrogen-bond acceptors (Lipinski definition) is 2. The van der Waals surface area contributed by atoms with Crippen molar-refractivity contribution in [2.45, 2.75) is 45.1 Å². The number of hydrogen-bond donors (Lipinski definition) is 0. The predicted molar refractivity (Wildman–Crippen MR) is 93.6 cm³/mol. The molecule has 132 valence electrons. The van der Waals surface area contributed by atoms with Gasteiger partial charge in [0.2, 0.25) is 5.91 Å². The molecule has 2 fully saturated rings. The van der Waals surface area contributed by atoms with E-state index in [0.29, 0.717) is 5.56 Å². The minimum absolute atomic E-state index is 0.0334. The molecule has 5 heteroatoms. The fourth-order valence-corrected chi connectivity index (χ4v) is 4.40. The van der Waals surface area contributed by atoms with E-state index >= 15 is 0 Å². The van der Waals surface area contributed by atoms with Gasteiger partial charge in [-0.2, -0.15) is 5.10 Å². The first kappa shape index (κ1) is 16.3. The Bertz CT molecular complexity index is 828. The third-order valence-electron chi connectivity index (χ3n) is 5.85. The van der Waals surface area contributed by atoms with Crippen molar-refractivity contribution >= 4 is 5.91 Å². The smallest absolute Gasteiger partial charge is 0.226 e. The molecule has 0 N–H and O–H groups in total. The quantitative estimate of drug-likeness (QED) is 0.855. The molecule has 1 aromatic heterocycles. The SMILES string of the molecule is Cc1nn(C)c(C)c1[C@@H]1CCCN1C(=O)[C@@H]1C[C@@H]1c1ccccc1F. The van der Waals surface area contributed by atoms with Gasteiger partial charge >= 0.3 is 0 Å². The summed E-state index contributed by atoms with van der Waals surface area (Å²) in [5.74, 6) is -0.0565. The molecule has 0 bridgehead atoms. The van der Waals surface area contributed by atoms with Gasteiger partial charge in [-0.3, -0.25) is 9.48 Å². The van der Waals surface area contributed by atoms with Gasteiger partial charge in [0.15, 0.2) is 0 Å². The minimum atomic E-state index is -0.195. The maximum atomic E-state index is 14.0. The number of carbonyl (C=O) groups excluding carboxylic acids is 1. The average molecular weight is 341 g/mol. The first-order valence-electron chi connectivity index (χ1n) is 9.04. The van der Waals surface area contributed by atoms with Crippen molar-refractivity contribution in [3.05, 3.63) is 52.6 Å². The van der Waals surface area contributed by atoms with Gasteiger partial charge < -0.3 is 4.90 Å². The van der Waals surface area contributed by atoms with E-state index in [9.17, 15) is 9.18 Å². The Kier molecular flexibility index (Phi) is 3.89. The van der Waals surface area contributed by atoms with E-state index in [1.807, 2.05) is 35.7 Å². The van der Waals surface area contributed by atoms with Crippen molar-refractivity contribution in [2.24, 2.45) is 13.0 Å². The molecule has 2 aliphatic rings. The highest BCUT2D eigenvalue weighted by Crippen LogP contribution is 2.51. The molecule has 0 radical (unpaired) electrons. The van der Waals surface area contributed by atoms with Gasteiger partial charge in [-0.05, 0) is 50.7 Å². The third kappa shape index (κ3) is 2.66. The number of nitrogens with zero attached hydrogens (tertiary/aromatic N) is 3. The second kappa shape index (κ2) is 5.97. The maximum Gasteiger partial charge on any atom is 0.226 e. The standard InChI is InChI=1S/C20H24FN3O/c1-12-19(13(2)23(3)22-12)18-9-6-10-24(18)20(25)16-11-15(16)14-7-4-5-8-17(14)21/h4-5,7-8,15-16,18H,6,9-11H2,1-3H3/t15-,16-,18+/m1/s1. The Hall–Kier alpha value is -2.17. The van der Waals surface area contributed by atoms with Gasteiger partial charge in [-0.15, -0.1) is 0 Å². The Labute approximate surface area is 147 Å². The highest BCUT2D eigenvalue weighted by Gasteiger charge is 2.49. The van der Waals surface area contributed by atoms with E-state index in [1.54, 1.807) is 6.07 Å². The van der Waals surface area contributed by atoms with Gasteiger partial charge in [-0.25, -0.2) is 4.39 Å². The number of benzene rings is 1. The van der Waals surface area contributed by atoms with Crippen LogP contribution < -0.4 is 0 Å². The highest BCUT2D eigenvalue weighted by atomic mass is 19.1. The lowest BCUT2D eigenvalue weighted by Gasteiger charge is -2.25. The molecule has 4 nitrogen and oxygen atoms in total. The topological polar surface area (TPSA) is 38.1 Å². The van der Waals surface area contributed by atoms with Crippen LogP contribution in [0.2, 0.25) is 0 Å². The number of halogens is 1. The zero-order valence-corrected chi connectivity index (χ0v) is 15.0. The van der Waals surface area contributed by atoms with Crippen molar-refractivity contribution < 1.29 is 9.18 Å². The Morgan fingerprint density at radius 3 is 2.72 bits per heavy atom. The molecule has 25 heavy (non-hydrogen) atoms. The summed E-state index contributed by atoms with van der Waals surface area (Å²) in [5.41, 5.74) is 4.01. The molecule has 2 aromatic rings. The largest absolute Gasteiger partial charge is 0.335 e. The summed E-state index contributed by atoms with van der Waals surface area (Å²) in [6.45, 7) is 4.87. The van der Waals surface area contributed by atoms with Crippen LogP contribution in [-0.2, 0) is 11.8 Å². The number of likely N-dealkylation sites (tertiary alicyclic amines) is 1. The Morgan fingerprint density at radius 1 is 1.28 bits per heavy atom. The molecule has 1 saturated heterocycles.